The number of benzene rings is 2. The minimum absolute atomic E-state index is 0.317. The lowest BCUT2D eigenvalue weighted by molar-refractivity contribution is -0.387. The van der Waals surface area contributed by atoms with Crippen LogP contribution < -0.4 is 0 Å². The molecule has 0 heterocycles. The quantitative estimate of drug-likeness (QED) is 0.674. The Labute approximate surface area is 133 Å². The average Bonchev–Trinajstić information content (AvgIpc) is 2.46. The summed E-state index contributed by atoms with van der Waals surface area (Å²) in [5, 5.41) is 28.6. The summed E-state index contributed by atoms with van der Waals surface area (Å²) in [6, 6.07) is 6.20. The van der Waals surface area contributed by atoms with Crippen LogP contribution >= 0.6 is 0 Å². The van der Waals surface area contributed by atoms with Crippen molar-refractivity contribution in [3.63, 3.8) is 0 Å². The molecule has 8 nitrogen and oxygen atoms in total. The summed E-state index contributed by atoms with van der Waals surface area (Å²) in [7, 11) is 0. The summed E-state index contributed by atoms with van der Waals surface area (Å²) in [5.74, 6) is -3.26. The van der Waals surface area contributed by atoms with Crippen molar-refractivity contribution < 1.29 is 28.5 Å². The van der Waals surface area contributed by atoms with E-state index < -0.39 is 38.8 Å². The minimum atomic E-state index is -1.33. The van der Waals surface area contributed by atoms with E-state index in [0.717, 1.165) is 24.3 Å². The van der Waals surface area contributed by atoms with Crippen LogP contribution in [0.15, 0.2) is 36.4 Å². The van der Waals surface area contributed by atoms with Crippen LogP contribution in [-0.4, -0.2) is 20.9 Å². The van der Waals surface area contributed by atoms with Gasteiger partial charge in [0.05, 0.1) is 15.4 Å². The second-order valence-corrected chi connectivity index (χ2v) is 4.44. The molecule has 0 aliphatic carbocycles. The molecule has 0 aromatic heterocycles. The number of hydrogen-bond donors (Lipinski definition) is 1. The number of aryl methyl sites for hydroxylation is 1. The first-order valence-electron chi connectivity index (χ1n) is 6.21. The normalized spacial score (nSPS) is 9.62. The molecule has 126 valence electrons. The molecule has 2 aromatic carbocycles. The Bertz CT molecular complexity index is 810. The number of nitrogens with zero attached hydrogens (tertiary/aromatic N) is 2. The fourth-order valence-corrected chi connectivity index (χ4v) is 1.55. The monoisotopic (exact) mass is 340 g/mol. The lowest BCUT2D eigenvalue weighted by Gasteiger charge is -1.95. The maximum absolute atomic E-state index is 12.8. The molecule has 0 aliphatic rings. The maximum atomic E-state index is 12.8. The van der Waals surface area contributed by atoms with Crippen molar-refractivity contribution in [2.45, 2.75) is 6.92 Å². The lowest BCUT2D eigenvalue weighted by atomic mass is 10.2. The summed E-state index contributed by atoms with van der Waals surface area (Å²) in [6.07, 6.45) is 0. The number of carboxylic acid groups (broad SMARTS) is 1. The van der Waals surface area contributed by atoms with E-state index in [4.69, 9.17) is 5.11 Å². The van der Waals surface area contributed by atoms with Crippen molar-refractivity contribution in [1.29, 1.82) is 0 Å². The molecule has 0 fully saturated rings. The third-order valence-corrected chi connectivity index (χ3v) is 2.69. The fraction of sp³-hybridized carbons (Fsp3) is 0.0714. The molecule has 0 saturated carbocycles. The second-order valence-electron chi connectivity index (χ2n) is 4.44. The Morgan fingerprint density at radius 3 is 1.79 bits per heavy atom. The van der Waals surface area contributed by atoms with Gasteiger partial charge in [0.15, 0.2) is 0 Å². The van der Waals surface area contributed by atoms with Crippen LogP contribution in [0.2, 0.25) is 0 Å². The van der Waals surface area contributed by atoms with E-state index in [1.165, 1.54) is 6.07 Å². The van der Waals surface area contributed by atoms with Crippen LogP contribution in [0, 0.1) is 38.8 Å². The molecule has 0 unspecified atom stereocenters. The van der Waals surface area contributed by atoms with Gasteiger partial charge in [-0.25, -0.2) is 4.79 Å². The van der Waals surface area contributed by atoms with Crippen LogP contribution in [0.5, 0.6) is 0 Å². The number of nitro groups is 2. The zero-order chi connectivity index (χ0) is 18.4. The van der Waals surface area contributed by atoms with Gasteiger partial charge in [-0.05, 0) is 30.7 Å². The number of halogens is 2. The summed E-state index contributed by atoms with van der Waals surface area (Å²) >= 11 is 0. The summed E-state index contributed by atoms with van der Waals surface area (Å²) in [4.78, 5) is 28.9. The zero-order valence-corrected chi connectivity index (χ0v) is 12.1. The highest BCUT2D eigenvalue weighted by atomic mass is 19.1. The maximum Gasteiger partial charge on any atom is 0.335 e. The molecule has 24 heavy (non-hydrogen) atoms. The SMILES string of the molecule is Cc1ccc([N+](=O)[O-])c(F)c1.O=C(O)c1ccc([N+](=O)[O-])c(F)c1. The van der Waals surface area contributed by atoms with Crippen LogP contribution in [-0.2, 0) is 0 Å². The third-order valence-electron chi connectivity index (χ3n) is 2.69. The predicted octanol–water partition coefficient (Wildman–Crippen LogP) is 3.47. The molecule has 0 amide bonds. The van der Waals surface area contributed by atoms with Crippen molar-refractivity contribution in [3.05, 3.63) is 79.4 Å². The van der Waals surface area contributed by atoms with Gasteiger partial charge in [-0.15, -0.1) is 0 Å². The molecule has 0 aliphatic heterocycles. The van der Waals surface area contributed by atoms with E-state index in [1.54, 1.807) is 6.92 Å². The molecule has 2 aromatic rings. The largest absolute Gasteiger partial charge is 0.478 e. The van der Waals surface area contributed by atoms with Gasteiger partial charge in [-0.1, -0.05) is 6.07 Å². The molecule has 0 saturated heterocycles. The Morgan fingerprint density at radius 2 is 1.42 bits per heavy atom. The van der Waals surface area contributed by atoms with Gasteiger partial charge < -0.3 is 5.11 Å². The second kappa shape index (κ2) is 7.72. The van der Waals surface area contributed by atoms with E-state index in [-0.39, 0.29) is 5.56 Å². The summed E-state index contributed by atoms with van der Waals surface area (Å²) in [6.45, 7) is 1.67. The van der Waals surface area contributed by atoms with Gasteiger partial charge >= 0.3 is 17.3 Å². The Kier molecular flexibility index (Phi) is 5.99. The van der Waals surface area contributed by atoms with Crippen LogP contribution in [0.1, 0.15) is 15.9 Å². The molecule has 10 heteroatoms. The van der Waals surface area contributed by atoms with Crippen LogP contribution in [0.3, 0.4) is 0 Å². The molecule has 0 radical (unpaired) electrons. The van der Waals surface area contributed by atoms with Gasteiger partial charge in [0.25, 0.3) is 0 Å². The first-order valence-corrected chi connectivity index (χ1v) is 6.21. The lowest BCUT2D eigenvalue weighted by Crippen LogP contribution is -1.99. The van der Waals surface area contributed by atoms with Crippen LogP contribution in [0.4, 0.5) is 20.2 Å². The van der Waals surface area contributed by atoms with Crippen molar-refractivity contribution in [1.82, 2.24) is 0 Å². The Hall–Kier alpha value is -3.43. The minimum Gasteiger partial charge on any atom is -0.478 e. The van der Waals surface area contributed by atoms with E-state index in [9.17, 15) is 33.8 Å². The van der Waals surface area contributed by atoms with Gasteiger partial charge in [0.2, 0.25) is 11.6 Å². The Balaban J connectivity index is 0.000000243. The predicted molar refractivity (Wildman–Crippen MR) is 77.8 cm³/mol. The third kappa shape index (κ3) is 4.80. The zero-order valence-electron chi connectivity index (χ0n) is 12.1. The molecule has 0 bridgehead atoms. The number of rotatable bonds is 3. The molecule has 0 spiro atoms. The van der Waals surface area contributed by atoms with E-state index in [0.29, 0.717) is 11.6 Å². The number of hydrogen-bond acceptors (Lipinski definition) is 5. The van der Waals surface area contributed by atoms with Gasteiger partial charge in [-0.2, -0.15) is 8.78 Å². The first kappa shape index (κ1) is 18.6. The van der Waals surface area contributed by atoms with Crippen molar-refractivity contribution in [2.75, 3.05) is 0 Å². The number of carboxylic acids is 1. The highest BCUT2D eigenvalue weighted by molar-refractivity contribution is 5.87. The van der Waals surface area contributed by atoms with Gasteiger partial charge in [-0.3, -0.25) is 20.2 Å². The first-order chi connectivity index (χ1) is 11.1. The number of carbonyl (C=O) groups is 1. The van der Waals surface area contributed by atoms with Gasteiger partial charge in [0.1, 0.15) is 0 Å². The number of aromatic carboxylic acids is 1. The summed E-state index contributed by atoms with van der Waals surface area (Å²) < 4.78 is 25.4. The number of nitro benzene ring substituents is 2. The smallest absolute Gasteiger partial charge is 0.335 e. The topological polar surface area (TPSA) is 124 Å². The van der Waals surface area contributed by atoms with Crippen molar-refractivity contribution >= 4 is 17.3 Å². The summed E-state index contributed by atoms with van der Waals surface area (Å²) in [5.41, 5.74) is -0.850. The van der Waals surface area contributed by atoms with Crippen molar-refractivity contribution in [2.24, 2.45) is 0 Å². The van der Waals surface area contributed by atoms with Crippen LogP contribution in [0.25, 0.3) is 0 Å². The van der Waals surface area contributed by atoms with E-state index in [1.807, 2.05) is 0 Å². The fourth-order valence-electron chi connectivity index (χ4n) is 1.55. The molecule has 1 N–H and O–H groups in total. The van der Waals surface area contributed by atoms with Gasteiger partial charge in [0, 0.05) is 12.1 Å². The Morgan fingerprint density at radius 1 is 0.958 bits per heavy atom. The molecular weight excluding hydrogens is 330 g/mol. The molecule has 2 rings (SSSR count). The average molecular weight is 340 g/mol. The highest BCUT2D eigenvalue weighted by Crippen LogP contribution is 2.18. The highest BCUT2D eigenvalue weighted by Gasteiger charge is 2.15. The molecular formula is C14H10F2N2O6. The molecule has 0 atom stereocenters. The van der Waals surface area contributed by atoms with E-state index >= 15 is 0 Å². The standard InChI is InChI=1S/C7H4FNO4.C7H6FNO2/c8-5-3-4(7(10)11)1-2-6(5)9(12)13;1-5-2-3-7(9(10)11)6(8)4-5/h1-3H,(H,10,11);2-4H,1H3. The van der Waals surface area contributed by atoms with E-state index in [2.05, 4.69) is 0 Å². The van der Waals surface area contributed by atoms with Crippen molar-refractivity contribution in [3.8, 4) is 0 Å².